The summed E-state index contributed by atoms with van der Waals surface area (Å²) < 4.78 is 0. The van der Waals surface area contributed by atoms with Crippen LogP contribution in [0.4, 0.5) is 0 Å². The maximum Gasteiger partial charge on any atom is 0.239 e. The average Bonchev–Trinajstić information content (AvgIpc) is 3.13. The minimum absolute atomic E-state index is 0.00775. The molecule has 2 aliphatic heterocycles. The lowest BCUT2D eigenvalue weighted by Crippen LogP contribution is -2.55. The standard InChI is InChI=1S/C18H31N3O2/c22-17(9-8-15-5-1-2-6-15)20-11-13-21(14-12-20)18(23)16-7-3-4-10-19-16/h15-16,19H,1-14H2. The molecule has 3 fully saturated rings. The van der Waals surface area contributed by atoms with Crippen molar-refractivity contribution < 1.29 is 9.59 Å². The van der Waals surface area contributed by atoms with Gasteiger partial charge in [0.2, 0.25) is 11.8 Å². The Balaban J connectivity index is 1.38. The zero-order valence-electron chi connectivity index (χ0n) is 14.3. The van der Waals surface area contributed by atoms with Crippen molar-refractivity contribution in [3.63, 3.8) is 0 Å². The molecule has 5 heteroatoms. The summed E-state index contributed by atoms with van der Waals surface area (Å²) in [5.74, 6) is 1.31. The maximum absolute atomic E-state index is 12.5. The van der Waals surface area contributed by atoms with Crippen molar-refractivity contribution in [2.75, 3.05) is 32.7 Å². The number of piperazine rings is 1. The van der Waals surface area contributed by atoms with Gasteiger partial charge in [-0.1, -0.05) is 32.1 Å². The summed E-state index contributed by atoms with van der Waals surface area (Å²) in [6.07, 6.45) is 10.3. The van der Waals surface area contributed by atoms with E-state index in [-0.39, 0.29) is 11.9 Å². The summed E-state index contributed by atoms with van der Waals surface area (Å²) in [4.78, 5) is 28.7. The Labute approximate surface area is 139 Å². The summed E-state index contributed by atoms with van der Waals surface area (Å²) >= 11 is 0. The van der Waals surface area contributed by atoms with Gasteiger partial charge in [-0.15, -0.1) is 0 Å². The summed E-state index contributed by atoms with van der Waals surface area (Å²) in [5.41, 5.74) is 0. The highest BCUT2D eigenvalue weighted by Gasteiger charge is 2.29. The van der Waals surface area contributed by atoms with E-state index < -0.39 is 0 Å². The number of rotatable bonds is 4. The molecule has 0 aromatic rings. The van der Waals surface area contributed by atoms with Crippen molar-refractivity contribution in [3.05, 3.63) is 0 Å². The SMILES string of the molecule is O=C(CCC1CCCC1)N1CCN(C(=O)C2CCCCN2)CC1. The minimum Gasteiger partial charge on any atom is -0.339 e. The molecule has 0 aromatic carbocycles. The highest BCUT2D eigenvalue weighted by atomic mass is 16.2. The third kappa shape index (κ3) is 4.46. The summed E-state index contributed by atoms with van der Waals surface area (Å²) in [6.45, 7) is 3.78. The quantitative estimate of drug-likeness (QED) is 0.858. The highest BCUT2D eigenvalue weighted by molar-refractivity contribution is 5.82. The van der Waals surface area contributed by atoms with Crippen LogP contribution in [0, 0.1) is 5.92 Å². The van der Waals surface area contributed by atoms with Crippen LogP contribution in [-0.2, 0) is 9.59 Å². The molecule has 1 N–H and O–H groups in total. The van der Waals surface area contributed by atoms with Gasteiger partial charge in [-0.2, -0.15) is 0 Å². The fraction of sp³-hybridized carbons (Fsp3) is 0.889. The van der Waals surface area contributed by atoms with Gasteiger partial charge in [-0.25, -0.2) is 0 Å². The molecule has 0 spiro atoms. The van der Waals surface area contributed by atoms with Crippen molar-refractivity contribution in [3.8, 4) is 0 Å². The van der Waals surface area contributed by atoms with Gasteiger partial charge < -0.3 is 15.1 Å². The summed E-state index contributed by atoms with van der Waals surface area (Å²) in [5, 5.41) is 3.33. The van der Waals surface area contributed by atoms with Crippen molar-refractivity contribution in [1.29, 1.82) is 0 Å². The fourth-order valence-corrected chi connectivity index (χ4v) is 4.24. The van der Waals surface area contributed by atoms with Crippen molar-refractivity contribution in [2.24, 2.45) is 5.92 Å². The second-order valence-electron chi connectivity index (χ2n) is 7.40. The molecule has 1 aliphatic carbocycles. The molecule has 2 amide bonds. The van der Waals surface area contributed by atoms with Crippen LogP contribution >= 0.6 is 0 Å². The van der Waals surface area contributed by atoms with Crippen molar-refractivity contribution in [2.45, 2.75) is 63.8 Å². The molecular weight excluding hydrogens is 290 g/mol. The van der Waals surface area contributed by atoms with Gasteiger partial charge in [0.1, 0.15) is 0 Å². The van der Waals surface area contributed by atoms with Crippen LogP contribution in [-0.4, -0.2) is 60.4 Å². The van der Waals surface area contributed by atoms with Gasteiger partial charge in [0.05, 0.1) is 6.04 Å². The predicted molar refractivity (Wildman–Crippen MR) is 90.0 cm³/mol. The number of piperidine rings is 1. The lowest BCUT2D eigenvalue weighted by atomic mass is 10.0. The zero-order valence-corrected chi connectivity index (χ0v) is 14.3. The van der Waals surface area contributed by atoms with Crippen LogP contribution in [0.2, 0.25) is 0 Å². The molecular formula is C18H31N3O2. The largest absolute Gasteiger partial charge is 0.339 e. The topological polar surface area (TPSA) is 52.7 Å². The Morgan fingerprint density at radius 3 is 2.17 bits per heavy atom. The highest BCUT2D eigenvalue weighted by Crippen LogP contribution is 2.28. The Bertz CT molecular complexity index is 406. The number of nitrogens with one attached hydrogen (secondary N) is 1. The molecule has 3 rings (SSSR count). The number of nitrogens with zero attached hydrogens (tertiary/aromatic N) is 2. The first-order valence-electron chi connectivity index (χ1n) is 9.54. The molecule has 5 nitrogen and oxygen atoms in total. The zero-order chi connectivity index (χ0) is 16.1. The Hall–Kier alpha value is -1.10. The van der Waals surface area contributed by atoms with Gasteiger partial charge in [0, 0.05) is 32.6 Å². The molecule has 130 valence electrons. The van der Waals surface area contributed by atoms with Crippen LogP contribution in [0.15, 0.2) is 0 Å². The number of hydrogen-bond donors (Lipinski definition) is 1. The number of amides is 2. The molecule has 3 aliphatic rings. The molecule has 0 radical (unpaired) electrons. The second kappa shape index (κ2) is 8.13. The predicted octanol–water partition coefficient (Wildman–Crippen LogP) is 1.77. The van der Waals surface area contributed by atoms with E-state index in [9.17, 15) is 9.59 Å². The van der Waals surface area contributed by atoms with Gasteiger partial charge >= 0.3 is 0 Å². The van der Waals surface area contributed by atoms with E-state index in [4.69, 9.17) is 0 Å². The third-order valence-electron chi connectivity index (χ3n) is 5.79. The van der Waals surface area contributed by atoms with E-state index in [1.54, 1.807) is 0 Å². The molecule has 0 bridgehead atoms. The summed E-state index contributed by atoms with van der Waals surface area (Å²) in [7, 11) is 0. The Kier molecular flexibility index (Phi) is 5.92. The first-order chi connectivity index (χ1) is 11.2. The smallest absolute Gasteiger partial charge is 0.239 e. The van der Waals surface area contributed by atoms with E-state index >= 15 is 0 Å². The van der Waals surface area contributed by atoms with Crippen molar-refractivity contribution in [1.82, 2.24) is 15.1 Å². The Morgan fingerprint density at radius 2 is 1.52 bits per heavy atom. The van der Waals surface area contributed by atoms with Crippen LogP contribution < -0.4 is 5.32 Å². The third-order valence-corrected chi connectivity index (χ3v) is 5.79. The molecule has 1 unspecified atom stereocenters. The molecule has 1 atom stereocenters. The molecule has 1 saturated carbocycles. The normalized spacial score (nSPS) is 26.5. The van der Waals surface area contributed by atoms with Crippen LogP contribution in [0.1, 0.15) is 57.8 Å². The maximum atomic E-state index is 12.5. The molecule has 0 aromatic heterocycles. The van der Waals surface area contributed by atoms with Crippen molar-refractivity contribution >= 4 is 11.8 Å². The Morgan fingerprint density at radius 1 is 0.870 bits per heavy atom. The lowest BCUT2D eigenvalue weighted by molar-refractivity contribution is -0.141. The van der Waals surface area contributed by atoms with E-state index in [0.29, 0.717) is 38.5 Å². The first-order valence-corrected chi connectivity index (χ1v) is 9.54. The van der Waals surface area contributed by atoms with E-state index in [1.165, 1.54) is 32.1 Å². The monoisotopic (exact) mass is 321 g/mol. The number of carbonyl (C=O) groups is 2. The molecule has 2 heterocycles. The number of hydrogen-bond acceptors (Lipinski definition) is 3. The van der Waals surface area contributed by atoms with Gasteiger partial charge in [-0.3, -0.25) is 9.59 Å². The average molecular weight is 321 g/mol. The van der Waals surface area contributed by atoms with Crippen LogP contribution in [0.25, 0.3) is 0 Å². The number of carbonyl (C=O) groups excluding carboxylic acids is 2. The van der Waals surface area contributed by atoms with Crippen LogP contribution in [0.3, 0.4) is 0 Å². The van der Waals surface area contributed by atoms with E-state index in [0.717, 1.165) is 31.7 Å². The lowest BCUT2D eigenvalue weighted by Gasteiger charge is -2.37. The molecule has 2 saturated heterocycles. The summed E-state index contributed by atoms with van der Waals surface area (Å²) in [6, 6.07) is 0.00775. The molecule has 23 heavy (non-hydrogen) atoms. The minimum atomic E-state index is 0.00775. The van der Waals surface area contributed by atoms with E-state index in [2.05, 4.69) is 5.32 Å². The van der Waals surface area contributed by atoms with Gasteiger partial charge in [-0.05, 0) is 31.7 Å². The fourth-order valence-electron chi connectivity index (χ4n) is 4.24. The van der Waals surface area contributed by atoms with Gasteiger partial charge in [0.25, 0.3) is 0 Å². The van der Waals surface area contributed by atoms with E-state index in [1.807, 2.05) is 9.80 Å². The van der Waals surface area contributed by atoms with Crippen LogP contribution in [0.5, 0.6) is 0 Å². The second-order valence-corrected chi connectivity index (χ2v) is 7.40. The van der Waals surface area contributed by atoms with Gasteiger partial charge in [0.15, 0.2) is 0 Å². The first kappa shape index (κ1) is 16.7.